The van der Waals surface area contributed by atoms with E-state index in [1.807, 2.05) is 0 Å². The SMILES string of the molecule is C/C=C/C1CCC2CC(C3CCc4cc(OCCC)ccc4C3)CCC2C1. The van der Waals surface area contributed by atoms with Gasteiger partial charge < -0.3 is 4.74 Å². The molecule has 0 spiro atoms. The molecule has 0 heterocycles. The number of allylic oxidation sites excluding steroid dienone is 2. The molecule has 0 saturated heterocycles. The molecule has 5 atom stereocenters. The van der Waals surface area contributed by atoms with Crippen molar-refractivity contribution in [2.24, 2.45) is 29.6 Å². The van der Waals surface area contributed by atoms with E-state index in [-0.39, 0.29) is 0 Å². The summed E-state index contributed by atoms with van der Waals surface area (Å²) in [5, 5.41) is 0. The van der Waals surface area contributed by atoms with Crippen LogP contribution in [0.1, 0.15) is 76.3 Å². The van der Waals surface area contributed by atoms with Gasteiger partial charge in [0.2, 0.25) is 0 Å². The van der Waals surface area contributed by atoms with Crippen LogP contribution >= 0.6 is 0 Å². The van der Waals surface area contributed by atoms with E-state index in [0.29, 0.717) is 0 Å². The van der Waals surface area contributed by atoms with Crippen molar-refractivity contribution >= 4 is 0 Å². The van der Waals surface area contributed by atoms with E-state index in [1.54, 1.807) is 11.1 Å². The predicted octanol–water partition coefficient (Wildman–Crippen LogP) is 6.99. The standard InChI is InChI=1S/C26H38O/c1-3-5-19-6-7-21-16-22(9-8-20(21)15-19)23-10-11-25-18-26(27-14-4-2)13-12-24(25)17-23/h3,5,12-13,18-23H,4,6-11,14-17H2,1-2H3/b5-3+. The summed E-state index contributed by atoms with van der Waals surface area (Å²) in [7, 11) is 0. The van der Waals surface area contributed by atoms with Crippen molar-refractivity contribution in [1.82, 2.24) is 0 Å². The molecule has 1 nitrogen and oxygen atoms in total. The Bertz CT molecular complexity index is 646. The molecule has 1 aromatic rings. The Balaban J connectivity index is 1.35. The maximum Gasteiger partial charge on any atom is 0.119 e. The zero-order chi connectivity index (χ0) is 18.6. The second-order valence-electron chi connectivity index (χ2n) is 9.47. The van der Waals surface area contributed by atoms with Crippen molar-refractivity contribution in [2.45, 2.75) is 78.1 Å². The molecule has 1 heteroatoms. The molecule has 0 bridgehead atoms. The van der Waals surface area contributed by atoms with Gasteiger partial charge in [0.05, 0.1) is 6.61 Å². The van der Waals surface area contributed by atoms with Gasteiger partial charge in [-0.05, 0) is 124 Å². The molecular weight excluding hydrogens is 328 g/mol. The van der Waals surface area contributed by atoms with Crippen LogP contribution in [0.3, 0.4) is 0 Å². The molecule has 0 aliphatic heterocycles. The van der Waals surface area contributed by atoms with Gasteiger partial charge in [0.25, 0.3) is 0 Å². The summed E-state index contributed by atoms with van der Waals surface area (Å²) < 4.78 is 5.84. The number of aryl methyl sites for hydroxylation is 1. The molecule has 27 heavy (non-hydrogen) atoms. The van der Waals surface area contributed by atoms with Crippen LogP contribution in [-0.4, -0.2) is 6.61 Å². The smallest absolute Gasteiger partial charge is 0.119 e. The molecular formula is C26H38O. The molecule has 2 saturated carbocycles. The molecule has 0 amide bonds. The Morgan fingerprint density at radius 1 is 0.926 bits per heavy atom. The summed E-state index contributed by atoms with van der Waals surface area (Å²) in [6.45, 7) is 5.19. The summed E-state index contributed by atoms with van der Waals surface area (Å²) in [5.41, 5.74) is 3.16. The number of fused-ring (bicyclic) bond motifs is 2. The summed E-state index contributed by atoms with van der Waals surface area (Å²) in [4.78, 5) is 0. The van der Waals surface area contributed by atoms with E-state index in [1.165, 1.54) is 57.8 Å². The summed E-state index contributed by atoms with van der Waals surface area (Å²) in [6, 6.07) is 6.89. The second-order valence-corrected chi connectivity index (χ2v) is 9.47. The monoisotopic (exact) mass is 366 g/mol. The number of hydrogen-bond acceptors (Lipinski definition) is 1. The van der Waals surface area contributed by atoms with Crippen LogP contribution in [0.2, 0.25) is 0 Å². The Morgan fingerprint density at radius 3 is 2.52 bits per heavy atom. The lowest BCUT2D eigenvalue weighted by Crippen LogP contribution is -2.34. The van der Waals surface area contributed by atoms with Gasteiger partial charge in [-0.15, -0.1) is 0 Å². The first kappa shape index (κ1) is 19.1. The minimum Gasteiger partial charge on any atom is -0.494 e. The first-order valence-corrected chi connectivity index (χ1v) is 11.6. The van der Waals surface area contributed by atoms with E-state index < -0.39 is 0 Å². The Labute approximate surface area is 166 Å². The Morgan fingerprint density at radius 2 is 1.70 bits per heavy atom. The van der Waals surface area contributed by atoms with Crippen molar-refractivity contribution in [3.05, 3.63) is 41.5 Å². The summed E-state index contributed by atoms with van der Waals surface area (Å²) in [5.74, 6) is 5.90. The molecule has 3 aliphatic carbocycles. The number of benzene rings is 1. The molecule has 0 aromatic heterocycles. The van der Waals surface area contributed by atoms with Crippen LogP contribution in [-0.2, 0) is 12.8 Å². The van der Waals surface area contributed by atoms with Crippen LogP contribution in [0.5, 0.6) is 5.75 Å². The van der Waals surface area contributed by atoms with Crippen molar-refractivity contribution in [3.63, 3.8) is 0 Å². The molecule has 4 rings (SSSR count). The molecule has 5 unspecified atom stereocenters. The van der Waals surface area contributed by atoms with Crippen LogP contribution in [0, 0.1) is 29.6 Å². The highest BCUT2D eigenvalue weighted by Crippen LogP contribution is 2.48. The molecule has 1 aromatic carbocycles. The lowest BCUT2D eigenvalue weighted by atomic mass is 9.61. The highest BCUT2D eigenvalue weighted by Gasteiger charge is 2.38. The fourth-order valence-corrected chi connectivity index (χ4v) is 6.31. The average Bonchev–Trinajstić information content (AvgIpc) is 2.71. The maximum absolute atomic E-state index is 5.84. The molecule has 0 radical (unpaired) electrons. The quantitative estimate of drug-likeness (QED) is 0.510. The van der Waals surface area contributed by atoms with Crippen LogP contribution in [0.15, 0.2) is 30.4 Å². The van der Waals surface area contributed by atoms with Gasteiger partial charge in [-0.25, -0.2) is 0 Å². The van der Waals surface area contributed by atoms with Gasteiger partial charge in [-0.2, -0.15) is 0 Å². The summed E-state index contributed by atoms with van der Waals surface area (Å²) >= 11 is 0. The maximum atomic E-state index is 5.84. The normalized spacial score (nSPS) is 33.5. The van der Waals surface area contributed by atoms with E-state index in [9.17, 15) is 0 Å². The summed E-state index contributed by atoms with van der Waals surface area (Å²) in [6.07, 6.45) is 18.7. The van der Waals surface area contributed by atoms with Crippen molar-refractivity contribution in [1.29, 1.82) is 0 Å². The highest BCUT2D eigenvalue weighted by atomic mass is 16.5. The Hall–Kier alpha value is -1.24. The molecule has 0 N–H and O–H groups in total. The van der Waals surface area contributed by atoms with Gasteiger partial charge in [-0.3, -0.25) is 0 Å². The van der Waals surface area contributed by atoms with Crippen LogP contribution < -0.4 is 4.74 Å². The predicted molar refractivity (Wildman–Crippen MR) is 114 cm³/mol. The van der Waals surface area contributed by atoms with Crippen molar-refractivity contribution in [2.75, 3.05) is 6.61 Å². The molecule has 2 fully saturated rings. The number of hydrogen-bond donors (Lipinski definition) is 0. The van der Waals surface area contributed by atoms with Crippen molar-refractivity contribution in [3.8, 4) is 5.75 Å². The minimum atomic E-state index is 0.834. The largest absolute Gasteiger partial charge is 0.494 e. The van der Waals surface area contributed by atoms with E-state index in [4.69, 9.17) is 4.74 Å². The zero-order valence-electron chi connectivity index (χ0n) is 17.5. The van der Waals surface area contributed by atoms with Gasteiger partial charge in [-0.1, -0.05) is 25.1 Å². The average molecular weight is 367 g/mol. The highest BCUT2D eigenvalue weighted by molar-refractivity contribution is 5.37. The van der Waals surface area contributed by atoms with Gasteiger partial charge >= 0.3 is 0 Å². The molecule has 3 aliphatic rings. The van der Waals surface area contributed by atoms with Crippen molar-refractivity contribution < 1.29 is 4.74 Å². The fourth-order valence-electron chi connectivity index (χ4n) is 6.31. The third-order valence-corrected chi connectivity index (χ3v) is 7.74. The van der Waals surface area contributed by atoms with E-state index >= 15 is 0 Å². The fraction of sp³-hybridized carbons (Fsp3) is 0.692. The van der Waals surface area contributed by atoms with E-state index in [2.05, 4.69) is 44.2 Å². The van der Waals surface area contributed by atoms with Crippen LogP contribution in [0.4, 0.5) is 0 Å². The zero-order valence-corrected chi connectivity index (χ0v) is 17.5. The van der Waals surface area contributed by atoms with Gasteiger partial charge in [0, 0.05) is 0 Å². The van der Waals surface area contributed by atoms with E-state index in [0.717, 1.165) is 48.4 Å². The van der Waals surface area contributed by atoms with Gasteiger partial charge in [0.15, 0.2) is 0 Å². The number of rotatable bonds is 5. The lowest BCUT2D eigenvalue weighted by molar-refractivity contribution is 0.0810. The number of ether oxygens (including phenoxy) is 1. The third kappa shape index (κ3) is 4.44. The van der Waals surface area contributed by atoms with Gasteiger partial charge in [0.1, 0.15) is 5.75 Å². The second kappa shape index (κ2) is 8.84. The minimum absolute atomic E-state index is 0.834. The topological polar surface area (TPSA) is 9.23 Å². The lowest BCUT2D eigenvalue weighted by Gasteiger charge is -2.44. The molecule has 148 valence electrons. The Kier molecular flexibility index (Phi) is 6.25. The first-order chi connectivity index (χ1) is 13.3. The third-order valence-electron chi connectivity index (χ3n) is 7.74. The first-order valence-electron chi connectivity index (χ1n) is 11.6. The van der Waals surface area contributed by atoms with Crippen LogP contribution in [0.25, 0.3) is 0 Å².